The number of nitrogens with zero attached hydrogens (tertiary/aromatic N) is 1. The molecule has 33 heavy (non-hydrogen) atoms. The molecule has 0 atom stereocenters. The second kappa shape index (κ2) is 10.2. The van der Waals surface area contributed by atoms with Gasteiger partial charge in [-0.3, -0.25) is 4.79 Å². The highest BCUT2D eigenvalue weighted by Crippen LogP contribution is 2.40. The summed E-state index contributed by atoms with van der Waals surface area (Å²) in [6.07, 6.45) is 2.78. The van der Waals surface area contributed by atoms with Crippen LogP contribution >= 0.6 is 39.1 Å². The number of para-hydroxylation sites is 1. The maximum Gasteiger partial charge on any atom is 0.258 e. The predicted molar refractivity (Wildman–Crippen MR) is 138 cm³/mol. The van der Waals surface area contributed by atoms with Gasteiger partial charge in [0.25, 0.3) is 5.91 Å². The fraction of sp³-hybridized carbons (Fsp3) is 0.192. The molecule has 0 fully saturated rings. The number of hydrogen-bond acceptors (Lipinski definition) is 3. The van der Waals surface area contributed by atoms with Crippen LogP contribution in [0.25, 0.3) is 11.6 Å². The van der Waals surface area contributed by atoms with Crippen molar-refractivity contribution in [1.29, 1.82) is 0 Å². The van der Waals surface area contributed by atoms with Crippen LogP contribution in [0.4, 0.5) is 5.69 Å². The van der Waals surface area contributed by atoms with E-state index in [9.17, 15) is 4.79 Å². The molecule has 1 amide bonds. The highest BCUT2D eigenvalue weighted by Gasteiger charge is 2.31. The standard InChI is InChI=1S/C26H22BrCl2NO3/c1-3-10-30-23-7-5-4-6-19(23)20(26(30)31)11-17-12-24(32-2)25(14-21(17)27)33-15-16-8-9-18(28)13-22(16)29/h4-9,11-14H,3,10,15H2,1-2H3/b20-11-. The summed E-state index contributed by atoms with van der Waals surface area (Å²) < 4.78 is 12.3. The Labute approximate surface area is 211 Å². The van der Waals surface area contributed by atoms with Gasteiger partial charge in [0.1, 0.15) is 6.61 Å². The second-order valence-corrected chi connectivity index (χ2v) is 9.28. The summed E-state index contributed by atoms with van der Waals surface area (Å²) in [5.74, 6) is 1.12. The van der Waals surface area contributed by atoms with E-state index in [1.807, 2.05) is 53.4 Å². The topological polar surface area (TPSA) is 38.8 Å². The van der Waals surface area contributed by atoms with Crippen LogP contribution < -0.4 is 14.4 Å². The normalized spacial score (nSPS) is 14.0. The van der Waals surface area contributed by atoms with Gasteiger partial charge >= 0.3 is 0 Å². The number of halogens is 3. The molecule has 1 heterocycles. The maximum atomic E-state index is 13.2. The Morgan fingerprint density at radius 3 is 2.58 bits per heavy atom. The highest BCUT2D eigenvalue weighted by atomic mass is 79.9. The number of carbonyl (C=O) groups excluding carboxylic acids is 1. The van der Waals surface area contributed by atoms with E-state index in [0.29, 0.717) is 33.7 Å². The first-order valence-electron chi connectivity index (χ1n) is 10.5. The third-order valence-corrected chi connectivity index (χ3v) is 6.66. The maximum absolute atomic E-state index is 13.2. The van der Waals surface area contributed by atoms with Gasteiger partial charge in [-0.1, -0.05) is 70.3 Å². The molecule has 0 radical (unpaired) electrons. The SMILES string of the molecule is CCCN1C(=O)/C(=C\c2cc(OC)c(OCc3ccc(Cl)cc3Cl)cc2Br)c2ccccc21. The number of methoxy groups -OCH3 is 1. The van der Waals surface area contributed by atoms with Crippen LogP contribution in [0.15, 0.2) is 59.1 Å². The molecule has 4 rings (SSSR count). The van der Waals surface area contributed by atoms with Crippen LogP contribution in [0, 0.1) is 0 Å². The molecule has 0 N–H and O–H groups in total. The third-order valence-electron chi connectivity index (χ3n) is 5.39. The van der Waals surface area contributed by atoms with E-state index < -0.39 is 0 Å². The average molecular weight is 547 g/mol. The Balaban J connectivity index is 1.66. The second-order valence-electron chi connectivity index (χ2n) is 7.58. The van der Waals surface area contributed by atoms with Crippen molar-refractivity contribution in [2.45, 2.75) is 20.0 Å². The molecule has 3 aromatic rings. The van der Waals surface area contributed by atoms with Crippen molar-refractivity contribution in [3.05, 3.63) is 85.8 Å². The zero-order chi connectivity index (χ0) is 23.5. The Bertz CT molecular complexity index is 1240. The number of hydrogen-bond donors (Lipinski definition) is 0. The van der Waals surface area contributed by atoms with Crippen LogP contribution in [0.3, 0.4) is 0 Å². The summed E-state index contributed by atoms with van der Waals surface area (Å²) in [7, 11) is 1.58. The summed E-state index contributed by atoms with van der Waals surface area (Å²) in [5.41, 5.74) is 4.16. The van der Waals surface area contributed by atoms with E-state index in [2.05, 4.69) is 22.9 Å². The van der Waals surface area contributed by atoms with Gasteiger partial charge in [-0.15, -0.1) is 0 Å². The van der Waals surface area contributed by atoms with Crippen LogP contribution in [0.2, 0.25) is 10.0 Å². The monoisotopic (exact) mass is 545 g/mol. The van der Waals surface area contributed by atoms with Gasteiger partial charge in [0.05, 0.1) is 12.8 Å². The Hall–Kier alpha value is -2.47. The molecule has 0 aliphatic carbocycles. The molecule has 0 spiro atoms. The summed E-state index contributed by atoms with van der Waals surface area (Å²) in [5, 5.41) is 1.11. The molecule has 170 valence electrons. The minimum Gasteiger partial charge on any atom is -0.493 e. The lowest BCUT2D eigenvalue weighted by Gasteiger charge is -2.15. The van der Waals surface area contributed by atoms with Gasteiger partial charge in [0, 0.05) is 37.8 Å². The first kappa shape index (κ1) is 23.7. The molecule has 1 aliphatic heterocycles. The van der Waals surface area contributed by atoms with Crippen LogP contribution in [-0.4, -0.2) is 19.6 Å². The smallest absolute Gasteiger partial charge is 0.258 e. The number of rotatable bonds is 7. The molecule has 0 aromatic heterocycles. The average Bonchev–Trinajstić information content (AvgIpc) is 3.06. The van der Waals surface area contributed by atoms with Crippen LogP contribution in [-0.2, 0) is 11.4 Å². The van der Waals surface area contributed by atoms with Crippen LogP contribution in [0.5, 0.6) is 11.5 Å². The van der Waals surface area contributed by atoms with E-state index >= 15 is 0 Å². The molecule has 0 bridgehead atoms. The number of carbonyl (C=O) groups is 1. The number of benzene rings is 3. The van der Waals surface area contributed by atoms with E-state index in [4.69, 9.17) is 32.7 Å². The zero-order valence-corrected chi connectivity index (χ0v) is 21.3. The summed E-state index contributed by atoms with van der Waals surface area (Å²) in [6, 6.07) is 16.8. The van der Waals surface area contributed by atoms with Gasteiger partial charge in [-0.05, 0) is 48.4 Å². The summed E-state index contributed by atoms with van der Waals surface area (Å²) >= 11 is 15.9. The lowest BCUT2D eigenvalue weighted by atomic mass is 10.0. The summed E-state index contributed by atoms with van der Waals surface area (Å²) in [4.78, 5) is 15.0. The van der Waals surface area contributed by atoms with Crippen LogP contribution in [0.1, 0.15) is 30.0 Å². The van der Waals surface area contributed by atoms with E-state index in [0.717, 1.165) is 33.3 Å². The number of anilines is 1. The van der Waals surface area contributed by atoms with Gasteiger partial charge in [-0.25, -0.2) is 0 Å². The first-order valence-corrected chi connectivity index (χ1v) is 12.0. The number of amides is 1. The predicted octanol–water partition coefficient (Wildman–Crippen LogP) is 7.64. The lowest BCUT2D eigenvalue weighted by Crippen LogP contribution is -2.26. The van der Waals surface area contributed by atoms with Crippen molar-refractivity contribution >= 4 is 62.4 Å². The molecule has 0 saturated carbocycles. The molecule has 4 nitrogen and oxygen atoms in total. The quantitative estimate of drug-likeness (QED) is 0.286. The summed E-state index contributed by atoms with van der Waals surface area (Å²) in [6.45, 7) is 3.00. The van der Waals surface area contributed by atoms with Gasteiger partial charge < -0.3 is 14.4 Å². The van der Waals surface area contributed by atoms with Crippen molar-refractivity contribution < 1.29 is 14.3 Å². The molecular weight excluding hydrogens is 525 g/mol. The van der Waals surface area contributed by atoms with Gasteiger partial charge in [0.2, 0.25) is 0 Å². The van der Waals surface area contributed by atoms with Crippen molar-refractivity contribution in [1.82, 2.24) is 0 Å². The van der Waals surface area contributed by atoms with Gasteiger partial charge in [-0.2, -0.15) is 0 Å². The van der Waals surface area contributed by atoms with E-state index in [1.54, 1.807) is 19.2 Å². The Morgan fingerprint density at radius 2 is 1.85 bits per heavy atom. The van der Waals surface area contributed by atoms with Crippen molar-refractivity contribution in [2.24, 2.45) is 0 Å². The minimum atomic E-state index is 0.00150. The van der Waals surface area contributed by atoms with E-state index in [1.165, 1.54) is 0 Å². The molecule has 3 aromatic carbocycles. The van der Waals surface area contributed by atoms with Crippen molar-refractivity contribution in [2.75, 3.05) is 18.6 Å². The highest BCUT2D eigenvalue weighted by molar-refractivity contribution is 9.10. The zero-order valence-electron chi connectivity index (χ0n) is 18.2. The van der Waals surface area contributed by atoms with Crippen molar-refractivity contribution in [3.8, 4) is 11.5 Å². The Kier molecular flexibility index (Phi) is 7.32. The Morgan fingerprint density at radius 1 is 1.06 bits per heavy atom. The fourth-order valence-corrected chi connectivity index (χ4v) is 4.68. The number of fused-ring (bicyclic) bond motifs is 1. The largest absolute Gasteiger partial charge is 0.493 e. The molecule has 0 unspecified atom stereocenters. The molecular formula is C26H22BrCl2NO3. The fourth-order valence-electron chi connectivity index (χ4n) is 3.78. The molecule has 7 heteroatoms. The third kappa shape index (κ3) is 4.91. The number of ether oxygens (including phenoxy) is 2. The molecule has 1 aliphatic rings. The minimum absolute atomic E-state index is 0.00150. The lowest BCUT2D eigenvalue weighted by molar-refractivity contribution is -0.113. The van der Waals surface area contributed by atoms with Crippen molar-refractivity contribution in [3.63, 3.8) is 0 Å². The molecule has 0 saturated heterocycles. The van der Waals surface area contributed by atoms with Gasteiger partial charge in [0.15, 0.2) is 11.5 Å². The first-order chi connectivity index (χ1) is 15.9. The van der Waals surface area contributed by atoms with E-state index in [-0.39, 0.29) is 12.5 Å².